The molecule has 0 aliphatic heterocycles. The highest BCUT2D eigenvalue weighted by Gasteiger charge is 2.40. The molecule has 0 amide bonds. The molecule has 0 bridgehead atoms. The minimum atomic E-state index is -0.715. The molecule has 0 aromatic rings. The van der Waals surface area contributed by atoms with Gasteiger partial charge in [0.2, 0.25) is 0 Å². The molecule has 1 saturated carbocycles. The molecule has 1 fully saturated rings. The fraction of sp³-hybridized carbons (Fsp3) is 0.909. The van der Waals surface area contributed by atoms with Crippen LogP contribution in [0, 0.1) is 10.8 Å². The van der Waals surface area contributed by atoms with Crippen LogP contribution in [0.25, 0.3) is 0 Å². The quantitative estimate of drug-likeness (QED) is 0.730. The lowest BCUT2D eigenvalue weighted by molar-refractivity contribution is -0.140. The van der Waals surface area contributed by atoms with Crippen molar-refractivity contribution in [3.05, 3.63) is 0 Å². The molecule has 0 aromatic carbocycles. The van der Waals surface area contributed by atoms with E-state index in [0.29, 0.717) is 6.54 Å². The van der Waals surface area contributed by atoms with Crippen LogP contribution >= 0.6 is 0 Å². The average molecular weight is 199 g/mol. The van der Waals surface area contributed by atoms with Gasteiger partial charge in [-0.3, -0.25) is 4.79 Å². The highest BCUT2D eigenvalue weighted by Crippen LogP contribution is 2.47. The number of carbonyl (C=O) groups is 1. The summed E-state index contributed by atoms with van der Waals surface area (Å²) in [7, 11) is 0. The Labute approximate surface area is 85.7 Å². The van der Waals surface area contributed by atoms with E-state index < -0.39 is 5.97 Å². The fourth-order valence-corrected chi connectivity index (χ4v) is 2.85. The van der Waals surface area contributed by atoms with Crippen molar-refractivity contribution in [1.82, 2.24) is 0 Å². The summed E-state index contributed by atoms with van der Waals surface area (Å²) in [6.45, 7) is 4.92. The number of aliphatic carboxylic acids is 1. The van der Waals surface area contributed by atoms with Crippen molar-refractivity contribution in [2.24, 2.45) is 16.6 Å². The molecule has 3 N–H and O–H groups in total. The molecule has 1 atom stereocenters. The van der Waals surface area contributed by atoms with Gasteiger partial charge >= 0.3 is 5.97 Å². The average Bonchev–Trinajstić information content (AvgIpc) is 2.01. The van der Waals surface area contributed by atoms with Gasteiger partial charge in [0.1, 0.15) is 0 Å². The Hall–Kier alpha value is -0.570. The zero-order valence-corrected chi connectivity index (χ0v) is 9.18. The van der Waals surface area contributed by atoms with Crippen LogP contribution in [-0.2, 0) is 4.79 Å². The normalized spacial score (nSPS) is 31.4. The molecule has 0 saturated heterocycles. The molecule has 82 valence electrons. The highest BCUT2D eigenvalue weighted by atomic mass is 16.4. The van der Waals surface area contributed by atoms with Crippen molar-refractivity contribution in [3.63, 3.8) is 0 Å². The van der Waals surface area contributed by atoms with Crippen molar-refractivity contribution >= 4 is 5.97 Å². The predicted octanol–water partition coefficient (Wildman–Crippen LogP) is 2.01. The number of carboxylic acid groups (broad SMARTS) is 1. The number of hydrogen-bond donors (Lipinski definition) is 2. The van der Waals surface area contributed by atoms with Gasteiger partial charge in [0.15, 0.2) is 0 Å². The summed E-state index contributed by atoms with van der Waals surface area (Å²) in [5.41, 5.74) is 5.86. The summed E-state index contributed by atoms with van der Waals surface area (Å²) in [5.74, 6) is -0.715. The molecule has 1 aliphatic rings. The van der Waals surface area contributed by atoms with Gasteiger partial charge in [-0.25, -0.2) is 0 Å². The van der Waals surface area contributed by atoms with E-state index in [2.05, 4.69) is 13.8 Å². The molecular formula is C11H21NO2. The largest absolute Gasteiger partial charge is 0.481 e. The molecule has 1 rings (SSSR count). The van der Waals surface area contributed by atoms with Crippen molar-refractivity contribution < 1.29 is 9.90 Å². The molecule has 3 heteroatoms. The first kappa shape index (κ1) is 11.5. The first-order valence-electron chi connectivity index (χ1n) is 5.31. The van der Waals surface area contributed by atoms with Crippen LogP contribution in [0.5, 0.6) is 0 Å². The Morgan fingerprint density at radius 2 is 2.07 bits per heavy atom. The first-order valence-corrected chi connectivity index (χ1v) is 5.31. The third kappa shape index (κ3) is 2.71. The van der Waals surface area contributed by atoms with Gasteiger partial charge in [-0.05, 0) is 36.6 Å². The lowest BCUT2D eigenvalue weighted by Gasteiger charge is -2.43. The van der Waals surface area contributed by atoms with Gasteiger partial charge in [-0.15, -0.1) is 0 Å². The lowest BCUT2D eigenvalue weighted by Crippen LogP contribution is -2.40. The second-order valence-electron chi connectivity index (χ2n) is 5.47. The number of nitrogens with two attached hydrogens (primary N) is 1. The highest BCUT2D eigenvalue weighted by molar-refractivity contribution is 5.67. The van der Waals surface area contributed by atoms with E-state index in [1.807, 2.05) is 0 Å². The smallest absolute Gasteiger partial charge is 0.303 e. The van der Waals surface area contributed by atoms with Crippen LogP contribution in [0.15, 0.2) is 0 Å². The van der Waals surface area contributed by atoms with Crippen molar-refractivity contribution in [3.8, 4) is 0 Å². The fourth-order valence-electron chi connectivity index (χ4n) is 2.85. The van der Waals surface area contributed by atoms with E-state index in [1.54, 1.807) is 0 Å². The minimum absolute atomic E-state index is 0.145. The predicted molar refractivity (Wildman–Crippen MR) is 56.0 cm³/mol. The molecule has 1 aliphatic carbocycles. The monoisotopic (exact) mass is 199 g/mol. The summed E-state index contributed by atoms with van der Waals surface area (Å²) in [4.78, 5) is 10.8. The van der Waals surface area contributed by atoms with Crippen LogP contribution < -0.4 is 5.73 Å². The van der Waals surface area contributed by atoms with E-state index in [-0.39, 0.29) is 17.3 Å². The SMILES string of the molecule is CC1(C)CCC[C@@](CN)(CC(=O)O)C1. The Morgan fingerprint density at radius 1 is 1.43 bits per heavy atom. The van der Waals surface area contributed by atoms with E-state index in [4.69, 9.17) is 10.8 Å². The van der Waals surface area contributed by atoms with Crippen molar-refractivity contribution in [2.75, 3.05) is 6.54 Å². The zero-order valence-electron chi connectivity index (χ0n) is 9.18. The molecule has 0 radical (unpaired) electrons. The van der Waals surface area contributed by atoms with Crippen molar-refractivity contribution in [1.29, 1.82) is 0 Å². The molecular weight excluding hydrogens is 178 g/mol. The maximum Gasteiger partial charge on any atom is 0.303 e. The van der Waals surface area contributed by atoms with Crippen LogP contribution in [-0.4, -0.2) is 17.6 Å². The third-order valence-electron chi connectivity index (χ3n) is 3.37. The van der Waals surface area contributed by atoms with E-state index in [9.17, 15) is 4.79 Å². The van der Waals surface area contributed by atoms with Crippen LogP contribution in [0.3, 0.4) is 0 Å². The van der Waals surface area contributed by atoms with Crippen LogP contribution in [0.4, 0.5) is 0 Å². The second-order valence-corrected chi connectivity index (χ2v) is 5.47. The number of rotatable bonds is 3. The minimum Gasteiger partial charge on any atom is -0.481 e. The van der Waals surface area contributed by atoms with Gasteiger partial charge in [-0.1, -0.05) is 20.3 Å². The Bertz CT molecular complexity index is 225. The first-order chi connectivity index (χ1) is 6.39. The van der Waals surface area contributed by atoms with Crippen LogP contribution in [0.1, 0.15) is 46.0 Å². The van der Waals surface area contributed by atoms with Gasteiger partial charge in [-0.2, -0.15) is 0 Å². The maximum absolute atomic E-state index is 10.8. The Kier molecular flexibility index (Phi) is 3.20. The lowest BCUT2D eigenvalue weighted by atomic mass is 9.62. The molecule has 0 aromatic heterocycles. The van der Waals surface area contributed by atoms with Gasteiger partial charge in [0, 0.05) is 0 Å². The van der Waals surface area contributed by atoms with E-state index in [1.165, 1.54) is 6.42 Å². The zero-order chi connectivity index (χ0) is 10.8. The van der Waals surface area contributed by atoms with Gasteiger partial charge < -0.3 is 10.8 Å². The molecule has 0 unspecified atom stereocenters. The summed E-state index contributed by atoms with van der Waals surface area (Å²) in [5, 5.41) is 8.88. The maximum atomic E-state index is 10.8. The van der Waals surface area contributed by atoms with Gasteiger partial charge in [0.05, 0.1) is 6.42 Å². The van der Waals surface area contributed by atoms with Crippen molar-refractivity contribution in [2.45, 2.75) is 46.0 Å². The third-order valence-corrected chi connectivity index (χ3v) is 3.37. The van der Waals surface area contributed by atoms with Crippen LogP contribution in [0.2, 0.25) is 0 Å². The Balaban J connectivity index is 2.73. The number of hydrogen-bond acceptors (Lipinski definition) is 2. The summed E-state index contributed by atoms with van der Waals surface area (Å²) in [6.07, 6.45) is 4.45. The topological polar surface area (TPSA) is 63.3 Å². The summed E-state index contributed by atoms with van der Waals surface area (Å²) >= 11 is 0. The molecule has 3 nitrogen and oxygen atoms in total. The molecule has 0 heterocycles. The standard InChI is InChI=1S/C11H21NO2/c1-10(2)4-3-5-11(7-10,8-12)6-9(13)14/h3-8,12H2,1-2H3,(H,13,14)/t11-/m1/s1. The van der Waals surface area contributed by atoms with E-state index >= 15 is 0 Å². The molecule has 14 heavy (non-hydrogen) atoms. The number of carboxylic acids is 1. The molecule has 0 spiro atoms. The summed E-state index contributed by atoms with van der Waals surface area (Å²) in [6, 6.07) is 0. The van der Waals surface area contributed by atoms with E-state index in [0.717, 1.165) is 19.3 Å². The Morgan fingerprint density at radius 3 is 2.50 bits per heavy atom. The van der Waals surface area contributed by atoms with Gasteiger partial charge in [0.25, 0.3) is 0 Å². The summed E-state index contributed by atoms with van der Waals surface area (Å²) < 4.78 is 0. The second kappa shape index (κ2) is 3.89.